The van der Waals surface area contributed by atoms with Crippen LogP contribution >= 0.6 is 11.6 Å². The van der Waals surface area contributed by atoms with Gasteiger partial charge in [-0.1, -0.05) is 23.7 Å². The summed E-state index contributed by atoms with van der Waals surface area (Å²) >= 11 is 6.24. The van der Waals surface area contributed by atoms with Gasteiger partial charge in [0.2, 0.25) is 0 Å². The molecule has 0 aliphatic carbocycles. The monoisotopic (exact) mass is 387 g/mol. The highest BCUT2D eigenvalue weighted by molar-refractivity contribution is 6.31. The number of nitrogens with zero attached hydrogens (tertiary/aromatic N) is 5. The molecule has 4 aromatic heterocycles. The molecule has 0 radical (unpaired) electrons. The molecule has 1 aromatic carbocycles. The van der Waals surface area contributed by atoms with Crippen molar-refractivity contribution in [2.45, 2.75) is 6.54 Å². The van der Waals surface area contributed by atoms with Crippen LogP contribution in [0.3, 0.4) is 0 Å². The second-order valence-electron chi connectivity index (χ2n) is 6.46. The SMILES string of the molecule is O=c1c2nn(Cc3cccnc3)cc2c2ccc(Cl)cc2n1-c1cccnc1. The summed E-state index contributed by atoms with van der Waals surface area (Å²) in [5.41, 5.74) is 2.60. The summed E-state index contributed by atoms with van der Waals surface area (Å²) in [7, 11) is 0. The smallest absolute Gasteiger partial charge is 0.273 e. The number of rotatable bonds is 3. The summed E-state index contributed by atoms with van der Waals surface area (Å²) in [5, 5.41) is 6.83. The normalized spacial score (nSPS) is 11.3. The molecule has 0 saturated heterocycles. The van der Waals surface area contributed by atoms with Gasteiger partial charge < -0.3 is 0 Å². The molecule has 0 aliphatic heterocycles. The van der Waals surface area contributed by atoms with Crippen molar-refractivity contribution in [1.82, 2.24) is 24.3 Å². The fraction of sp³-hybridized carbons (Fsp3) is 0.0476. The first-order valence-electron chi connectivity index (χ1n) is 8.71. The number of fused-ring (bicyclic) bond motifs is 3. The van der Waals surface area contributed by atoms with E-state index >= 15 is 0 Å². The van der Waals surface area contributed by atoms with E-state index < -0.39 is 0 Å². The van der Waals surface area contributed by atoms with Gasteiger partial charge in [0.05, 0.1) is 23.9 Å². The summed E-state index contributed by atoms with van der Waals surface area (Å²) in [4.78, 5) is 21.6. The Morgan fingerprint density at radius 2 is 1.79 bits per heavy atom. The molecule has 0 aliphatic rings. The highest BCUT2D eigenvalue weighted by Crippen LogP contribution is 2.27. The van der Waals surface area contributed by atoms with Crippen LogP contribution in [0.15, 0.2) is 78.2 Å². The van der Waals surface area contributed by atoms with Gasteiger partial charge >= 0.3 is 0 Å². The Morgan fingerprint density at radius 1 is 0.964 bits per heavy atom. The molecule has 4 heterocycles. The van der Waals surface area contributed by atoms with E-state index in [1.54, 1.807) is 46.2 Å². The number of benzene rings is 1. The standard InChI is InChI=1S/C21H14ClN5O/c22-15-5-6-17-18-13-26(12-14-3-1-7-23-10-14)25-20(18)21(28)27(19(17)9-15)16-4-2-8-24-11-16/h1-11,13H,12H2. The molecule has 5 rings (SSSR count). The minimum absolute atomic E-state index is 0.206. The largest absolute Gasteiger partial charge is 0.284 e. The third-order valence-corrected chi connectivity index (χ3v) is 4.86. The average Bonchev–Trinajstić information content (AvgIpc) is 3.14. The highest BCUT2D eigenvalue weighted by atomic mass is 35.5. The first-order chi connectivity index (χ1) is 13.7. The summed E-state index contributed by atoms with van der Waals surface area (Å²) in [6.45, 7) is 0.532. The van der Waals surface area contributed by atoms with Crippen LogP contribution in [-0.2, 0) is 6.54 Å². The summed E-state index contributed by atoms with van der Waals surface area (Å²) in [6.07, 6.45) is 8.74. The summed E-state index contributed by atoms with van der Waals surface area (Å²) in [6, 6.07) is 13.0. The average molecular weight is 388 g/mol. The van der Waals surface area contributed by atoms with E-state index in [1.807, 2.05) is 36.5 Å². The number of hydrogen-bond acceptors (Lipinski definition) is 4. The Balaban J connectivity index is 1.81. The highest BCUT2D eigenvalue weighted by Gasteiger charge is 2.16. The predicted octanol–water partition coefficient (Wildman–Crippen LogP) is 3.83. The summed E-state index contributed by atoms with van der Waals surface area (Å²) in [5.74, 6) is 0. The molecule has 7 heteroatoms. The van der Waals surface area contributed by atoms with Crippen molar-refractivity contribution in [3.63, 3.8) is 0 Å². The van der Waals surface area contributed by atoms with Crippen molar-refractivity contribution in [2.24, 2.45) is 0 Å². The van der Waals surface area contributed by atoms with Crippen LogP contribution < -0.4 is 5.56 Å². The molecule has 0 amide bonds. The van der Waals surface area contributed by atoms with Crippen LogP contribution in [-0.4, -0.2) is 24.3 Å². The van der Waals surface area contributed by atoms with Gasteiger partial charge in [0, 0.05) is 40.6 Å². The number of hydrogen-bond donors (Lipinski definition) is 0. The molecule has 0 unspecified atom stereocenters. The number of halogens is 1. The lowest BCUT2D eigenvalue weighted by Gasteiger charge is -2.10. The first kappa shape index (κ1) is 16.6. The fourth-order valence-electron chi connectivity index (χ4n) is 3.41. The molecular weight excluding hydrogens is 374 g/mol. The molecule has 136 valence electrons. The Bertz CT molecular complexity index is 1360. The zero-order valence-corrected chi connectivity index (χ0v) is 15.4. The van der Waals surface area contributed by atoms with E-state index in [1.165, 1.54) is 0 Å². The number of pyridine rings is 3. The van der Waals surface area contributed by atoms with Gasteiger partial charge in [-0.2, -0.15) is 5.10 Å². The lowest BCUT2D eigenvalue weighted by molar-refractivity contribution is 0.692. The minimum Gasteiger partial charge on any atom is -0.273 e. The lowest BCUT2D eigenvalue weighted by Crippen LogP contribution is -2.19. The van der Waals surface area contributed by atoms with E-state index in [4.69, 9.17) is 11.6 Å². The van der Waals surface area contributed by atoms with Gasteiger partial charge in [0.15, 0.2) is 5.52 Å². The molecular formula is C21H14ClN5O. The van der Waals surface area contributed by atoms with Gasteiger partial charge in [-0.25, -0.2) is 0 Å². The summed E-state index contributed by atoms with van der Waals surface area (Å²) < 4.78 is 3.38. The van der Waals surface area contributed by atoms with Crippen molar-refractivity contribution in [2.75, 3.05) is 0 Å². The zero-order valence-electron chi connectivity index (χ0n) is 14.7. The third kappa shape index (κ3) is 2.75. The Hall–Kier alpha value is -3.51. The van der Waals surface area contributed by atoms with Crippen LogP contribution in [0.2, 0.25) is 5.02 Å². The van der Waals surface area contributed by atoms with E-state index in [0.29, 0.717) is 22.8 Å². The maximum atomic E-state index is 13.3. The molecule has 28 heavy (non-hydrogen) atoms. The van der Waals surface area contributed by atoms with Gasteiger partial charge in [-0.3, -0.25) is 24.0 Å². The van der Waals surface area contributed by atoms with Crippen molar-refractivity contribution < 1.29 is 0 Å². The molecule has 0 N–H and O–H groups in total. The molecule has 5 aromatic rings. The minimum atomic E-state index is -0.206. The number of aromatic nitrogens is 5. The topological polar surface area (TPSA) is 65.6 Å². The predicted molar refractivity (Wildman–Crippen MR) is 109 cm³/mol. The van der Waals surface area contributed by atoms with Gasteiger partial charge in [-0.05, 0) is 35.9 Å². The maximum Gasteiger partial charge on any atom is 0.284 e. The fourth-order valence-corrected chi connectivity index (χ4v) is 3.58. The molecule has 0 bridgehead atoms. The Morgan fingerprint density at radius 3 is 2.54 bits per heavy atom. The Kier molecular flexibility index (Phi) is 3.91. The van der Waals surface area contributed by atoms with Crippen LogP contribution in [0.5, 0.6) is 0 Å². The molecule has 0 atom stereocenters. The Labute approximate surface area is 164 Å². The van der Waals surface area contributed by atoms with Gasteiger partial charge in [-0.15, -0.1) is 0 Å². The van der Waals surface area contributed by atoms with Gasteiger partial charge in [0.25, 0.3) is 5.56 Å². The van der Waals surface area contributed by atoms with E-state index in [9.17, 15) is 4.79 Å². The lowest BCUT2D eigenvalue weighted by atomic mass is 10.1. The first-order valence-corrected chi connectivity index (χ1v) is 9.09. The van der Waals surface area contributed by atoms with Crippen molar-refractivity contribution in [3.8, 4) is 5.69 Å². The van der Waals surface area contributed by atoms with E-state index in [0.717, 1.165) is 21.9 Å². The third-order valence-electron chi connectivity index (χ3n) is 4.63. The quantitative estimate of drug-likeness (QED) is 0.472. The van der Waals surface area contributed by atoms with E-state index in [-0.39, 0.29) is 5.56 Å². The van der Waals surface area contributed by atoms with Gasteiger partial charge in [0.1, 0.15) is 0 Å². The molecule has 0 spiro atoms. The van der Waals surface area contributed by atoms with Crippen LogP contribution in [0, 0.1) is 0 Å². The van der Waals surface area contributed by atoms with Crippen molar-refractivity contribution in [1.29, 1.82) is 0 Å². The second-order valence-corrected chi connectivity index (χ2v) is 6.90. The maximum absolute atomic E-state index is 13.3. The van der Waals surface area contributed by atoms with E-state index in [2.05, 4.69) is 15.1 Å². The molecule has 0 fully saturated rings. The molecule has 0 saturated carbocycles. The zero-order chi connectivity index (χ0) is 19.1. The van der Waals surface area contributed by atoms with Crippen LogP contribution in [0.4, 0.5) is 0 Å². The van der Waals surface area contributed by atoms with Crippen LogP contribution in [0.1, 0.15) is 5.56 Å². The van der Waals surface area contributed by atoms with Crippen molar-refractivity contribution >= 4 is 33.4 Å². The van der Waals surface area contributed by atoms with Crippen molar-refractivity contribution in [3.05, 3.63) is 94.4 Å². The molecule has 6 nitrogen and oxygen atoms in total. The van der Waals surface area contributed by atoms with Crippen LogP contribution in [0.25, 0.3) is 27.5 Å². The second kappa shape index (κ2) is 6.58.